The number of hydrazine groups is 1. The zero-order chi connectivity index (χ0) is 25.9. The molecule has 4 aromatic rings. The Balaban J connectivity index is 1.93. The topological polar surface area (TPSA) is 157 Å². The number of rotatable bonds is 8. The third kappa shape index (κ3) is 4.86. The minimum absolute atomic E-state index is 0.0196. The number of nitro groups is 1. The first-order valence-electron chi connectivity index (χ1n) is 10.4. The summed E-state index contributed by atoms with van der Waals surface area (Å²) >= 11 is 0. The molecule has 0 saturated carbocycles. The van der Waals surface area contributed by atoms with E-state index in [9.17, 15) is 23.3 Å². The van der Waals surface area contributed by atoms with E-state index in [-0.39, 0.29) is 32.2 Å². The summed E-state index contributed by atoms with van der Waals surface area (Å²) in [7, 11) is -3.26. The zero-order valence-corrected chi connectivity index (χ0v) is 19.9. The average Bonchev–Trinajstić information content (AvgIpc) is 2.84. The standard InChI is InChI=1S/C23H20N6O6S/c1-15(30)24-16-12-13-21(35-2)20(14-16)26-22-23(27-19-11-7-6-10-18(19)25-22)28(29(31)32)36(33,34)17-8-4-3-5-9-17/h3-14H,1-2H3,(H,24,30)(H,25,26). The van der Waals surface area contributed by atoms with Gasteiger partial charge in [-0.05, 0) is 42.5 Å². The number of carbonyl (C=O) groups excluding carboxylic acids is 1. The molecular weight excluding hydrogens is 488 g/mol. The van der Waals surface area contributed by atoms with E-state index in [1.54, 1.807) is 42.5 Å². The molecule has 4 rings (SSSR count). The predicted octanol–water partition coefficient (Wildman–Crippen LogP) is 3.73. The Hall–Kier alpha value is -4.78. The van der Waals surface area contributed by atoms with E-state index in [1.165, 1.54) is 44.4 Å². The number of fused-ring (bicyclic) bond motifs is 1. The van der Waals surface area contributed by atoms with Gasteiger partial charge in [0, 0.05) is 17.0 Å². The molecule has 1 amide bonds. The first kappa shape index (κ1) is 24.3. The van der Waals surface area contributed by atoms with Gasteiger partial charge in [0.15, 0.2) is 10.9 Å². The van der Waals surface area contributed by atoms with E-state index in [1.807, 2.05) is 0 Å². The average molecular weight is 509 g/mol. The van der Waals surface area contributed by atoms with E-state index in [0.717, 1.165) is 0 Å². The van der Waals surface area contributed by atoms with Gasteiger partial charge in [-0.25, -0.2) is 20.1 Å². The van der Waals surface area contributed by atoms with Crippen molar-refractivity contribution in [1.82, 2.24) is 9.97 Å². The summed E-state index contributed by atoms with van der Waals surface area (Å²) in [5.41, 5.74) is 1.27. The Kier molecular flexibility index (Phi) is 6.65. The molecule has 3 aromatic carbocycles. The van der Waals surface area contributed by atoms with Crippen LogP contribution in [0.1, 0.15) is 6.92 Å². The van der Waals surface area contributed by atoms with Crippen molar-refractivity contribution >= 4 is 50.0 Å². The van der Waals surface area contributed by atoms with Crippen molar-refractivity contribution in [2.45, 2.75) is 11.8 Å². The number of nitrogens with one attached hydrogen (secondary N) is 2. The Morgan fingerprint density at radius 1 is 1.00 bits per heavy atom. The molecule has 1 heterocycles. The van der Waals surface area contributed by atoms with Crippen LogP contribution in [0, 0.1) is 10.1 Å². The maximum absolute atomic E-state index is 13.3. The summed E-state index contributed by atoms with van der Waals surface area (Å²) in [5, 5.41) is 16.6. The van der Waals surface area contributed by atoms with E-state index >= 15 is 0 Å². The van der Waals surface area contributed by atoms with Crippen LogP contribution in [-0.4, -0.2) is 36.4 Å². The maximum atomic E-state index is 13.3. The summed E-state index contributed by atoms with van der Waals surface area (Å²) in [6.07, 6.45) is 0. The molecule has 0 aliphatic rings. The SMILES string of the molecule is COc1ccc(NC(C)=O)cc1Nc1nc2ccccc2nc1N([N+](=O)[O-])S(=O)(=O)c1ccccc1. The second-order valence-corrected chi connectivity index (χ2v) is 9.17. The highest BCUT2D eigenvalue weighted by molar-refractivity contribution is 7.92. The molecule has 12 nitrogen and oxygen atoms in total. The fourth-order valence-electron chi connectivity index (χ4n) is 3.39. The van der Waals surface area contributed by atoms with Gasteiger partial charge in [0.05, 0.1) is 28.7 Å². The number of aromatic nitrogens is 2. The smallest absolute Gasteiger partial charge is 0.320 e. The maximum Gasteiger partial charge on any atom is 0.320 e. The van der Waals surface area contributed by atoms with E-state index < -0.39 is 20.9 Å². The molecule has 0 aliphatic carbocycles. The molecule has 2 N–H and O–H groups in total. The number of benzene rings is 3. The van der Waals surface area contributed by atoms with Gasteiger partial charge in [0.2, 0.25) is 5.91 Å². The lowest BCUT2D eigenvalue weighted by atomic mass is 10.2. The minimum Gasteiger partial charge on any atom is -0.495 e. The first-order chi connectivity index (χ1) is 17.2. The van der Waals surface area contributed by atoms with E-state index in [0.29, 0.717) is 17.0 Å². The molecule has 0 unspecified atom stereocenters. The van der Waals surface area contributed by atoms with Crippen molar-refractivity contribution in [3.63, 3.8) is 0 Å². The molecule has 1 aromatic heterocycles. The molecular formula is C23H20N6O6S. The fourth-order valence-corrected chi connectivity index (χ4v) is 4.62. The third-order valence-corrected chi connectivity index (χ3v) is 6.55. The Labute approximate surface area is 205 Å². The van der Waals surface area contributed by atoms with Gasteiger partial charge in [-0.2, -0.15) is 8.42 Å². The molecule has 0 fully saturated rings. The number of hydrogen-bond donors (Lipinski definition) is 2. The number of sulfonamides is 1. The van der Waals surface area contributed by atoms with E-state index in [4.69, 9.17) is 4.74 Å². The fraction of sp³-hybridized carbons (Fsp3) is 0.0870. The van der Waals surface area contributed by atoms with E-state index in [2.05, 4.69) is 20.6 Å². The summed E-state index contributed by atoms with van der Waals surface area (Å²) in [5.74, 6) is -0.785. The summed E-state index contributed by atoms with van der Waals surface area (Å²) in [6, 6.07) is 18.2. The highest BCUT2D eigenvalue weighted by atomic mass is 32.2. The lowest BCUT2D eigenvalue weighted by molar-refractivity contribution is -0.474. The van der Waals surface area contributed by atoms with Crippen molar-refractivity contribution < 1.29 is 23.0 Å². The van der Waals surface area contributed by atoms with Crippen LogP contribution < -0.4 is 19.8 Å². The molecule has 0 atom stereocenters. The van der Waals surface area contributed by atoms with Gasteiger partial charge < -0.3 is 15.4 Å². The summed E-state index contributed by atoms with van der Waals surface area (Å²) in [6.45, 7) is 1.34. The Bertz CT molecular complexity index is 1560. The van der Waals surface area contributed by atoms with Gasteiger partial charge in [-0.3, -0.25) is 4.79 Å². The Morgan fingerprint density at radius 3 is 2.25 bits per heavy atom. The number of hydrogen-bond acceptors (Lipinski definition) is 9. The second-order valence-electron chi connectivity index (χ2n) is 7.40. The molecule has 36 heavy (non-hydrogen) atoms. The highest BCUT2D eigenvalue weighted by Gasteiger charge is 2.39. The lowest BCUT2D eigenvalue weighted by Gasteiger charge is -2.18. The van der Waals surface area contributed by atoms with Gasteiger partial charge >= 0.3 is 10.0 Å². The van der Waals surface area contributed by atoms with Crippen molar-refractivity contribution in [2.75, 3.05) is 22.2 Å². The second kappa shape index (κ2) is 9.84. The van der Waals surface area contributed by atoms with Crippen LogP contribution in [0.5, 0.6) is 5.75 Å². The number of methoxy groups -OCH3 is 1. The van der Waals surface area contributed by atoms with Gasteiger partial charge in [-0.1, -0.05) is 30.3 Å². The highest BCUT2D eigenvalue weighted by Crippen LogP contribution is 2.35. The largest absolute Gasteiger partial charge is 0.495 e. The first-order valence-corrected chi connectivity index (χ1v) is 11.9. The molecule has 0 radical (unpaired) electrons. The van der Waals surface area contributed by atoms with Gasteiger partial charge in [0.25, 0.3) is 5.82 Å². The number of nitrogens with zero attached hydrogens (tertiary/aromatic N) is 4. The molecule has 184 valence electrons. The number of para-hydroxylation sites is 2. The normalized spacial score (nSPS) is 11.1. The van der Waals surface area contributed by atoms with Crippen molar-refractivity contribution in [3.05, 3.63) is 82.9 Å². The molecule has 0 bridgehead atoms. The van der Waals surface area contributed by atoms with Crippen LogP contribution in [-0.2, 0) is 14.8 Å². The molecule has 0 saturated heterocycles. The third-order valence-electron chi connectivity index (χ3n) is 4.92. The zero-order valence-electron chi connectivity index (χ0n) is 19.1. The van der Waals surface area contributed by atoms with Crippen LogP contribution in [0.2, 0.25) is 0 Å². The van der Waals surface area contributed by atoms with Crippen molar-refractivity contribution in [3.8, 4) is 5.75 Å². The van der Waals surface area contributed by atoms with Crippen LogP contribution in [0.25, 0.3) is 11.0 Å². The molecule has 0 aliphatic heterocycles. The number of ether oxygens (including phenoxy) is 1. The number of amides is 1. The monoisotopic (exact) mass is 508 g/mol. The van der Waals surface area contributed by atoms with Gasteiger partial charge in [0.1, 0.15) is 5.75 Å². The predicted molar refractivity (Wildman–Crippen MR) is 133 cm³/mol. The van der Waals surface area contributed by atoms with Gasteiger partial charge in [-0.15, -0.1) is 0 Å². The molecule has 13 heteroatoms. The quantitative estimate of drug-likeness (QED) is 0.267. The van der Waals surface area contributed by atoms with Crippen LogP contribution in [0.3, 0.4) is 0 Å². The number of carbonyl (C=O) groups is 1. The lowest BCUT2D eigenvalue weighted by Crippen LogP contribution is -2.37. The van der Waals surface area contributed by atoms with Crippen LogP contribution in [0.15, 0.2) is 77.7 Å². The summed E-state index contributed by atoms with van der Waals surface area (Å²) < 4.78 is 32.0. The van der Waals surface area contributed by atoms with Crippen LogP contribution >= 0.6 is 0 Å². The van der Waals surface area contributed by atoms with Crippen LogP contribution in [0.4, 0.5) is 23.0 Å². The molecule has 0 spiro atoms. The van der Waals surface area contributed by atoms with Crippen molar-refractivity contribution in [1.29, 1.82) is 0 Å². The minimum atomic E-state index is -4.67. The number of anilines is 4. The van der Waals surface area contributed by atoms with Crippen molar-refractivity contribution in [2.24, 2.45) is 0 Å². The summed E-state index contributed by atoms with van der Waals surface area (Å²) in [4.78, 5) is 32.1. The Morgan fingerprint density at radius 2 is 1.64 bits per heavy atom.